The summed E-state index contributed by atoms with van der Waals surface area (Å²) in [7, 11) is 0. The number of aromatic nitrogens is 1. The lowest BCUT2D eigenvalue weighted by molar-refractivity contribution is 0.168. The molecule has 1 rings (SSSR count). The number of nitrogens with one attached hydrogen (secondary N) is 1. The number of hydrogen-bond acceptors (Lipinski definition) is 3. The second kappa shape index (κ2) is 7.37. The number of nitrogens with zero attached hydrogens (tertiary/aromatic N) is 1. The van der Waals surface area contributed by atoms with Gasteiger partial charge in [0.25, 0.3) is 0 Å². The van der Waals surface area contributed by atoms with Gasteiger partial charge in [-0.05, 0) is 31.4 Å². The van der Waals surface area contributed by atoms with Crippen LogP contribution in [0, 0.1) is 11.8 Å². The van der Waals surface area contributed by atoms with E-state index in [1.54, 1.807) is 6.20 Å². The van der Waals surface area contributed by atoms with Crippen molar-refractivity contribution in [2.24, 2.45) is 11.8 Å². The van der Waals surface area contributed by atoms with Crippen molar-refractivity contribution in [3.05, 3.63) is 24.0 Å². The molecule has 0 amide bonds. The first kappa shape index (κ1) is 15.0. The Labute approximate surface area is 111 Å². The summed E-state index contributed by atoms with van der Waals surface area (Å²) in [5.74, 6) is 2.11. The molecule has 1 aromatic heterocycles. The van der Waals surface area contributed by atoms with Crippen molar-refractivity contribution in [2.45, 2.75) is 47.3 Å². The van der Waals surface area contributed by atoms with Crippen molar-refractivity contribution >= 4 is 0 Å². The molecular formula is C15H26N2O. The Bertz CT molecular complexity index is 350. The Morgan fingerprint density at radius 2 is 1.94 bits per heavy atom. The SMILES string of the molecule is CC(C)CNCc1cnccc1OC(C)C(C)C. The van der Waals surface area contributed by atoms with E-state index in [9.17, 15) is 0 Å². The van der Waals surface area contributed by atoms with Crippen LogP contribution in [0.4, 0.5) is 0 Å². The topological polar surface area (TPSA) is 34.2 Å². The summed E-state index contributed by atoms with van der Waals surface area (Å²) in [6.07, 6.45) is 3.89. The molecule has 0 aliphatic carbocycles. The lowest BCUT2D eigenvalue weighted by atomic mass is 10.1. The third kappa shape index (κ3) is 5.05. The van der Waals surface area contributed by atoms with Crippen LogP contribution in [0.2, 0.25) is 0 Å². The number of ether oxygens (including phenoxy) is 1. The summed E-state index contributed by atoms with van der Waals surface area (Å²) < 4.78 is 5.98. The molecule has 3 heteroatoms. The van der Waals surface area contributed by atoms with E-state index in [1.165, 1.54) is 0 Å². The zero-order chi connectivity index (χ0) is 13.5. The highest BCUT2D eigenvalue weighted by Crippen LogP contribution is 2.20. The fourth-order valence-corrected chi connectivity index (χ4v) is 1.49. The average molecular weight is 250 g/mol. The van der Waals surface area contributed by atoms with Gasteiger partial charge < -0.3 is 10.1 Å². The Morgan fingerprint density at radius 1 is 1.22 bits per heavy atom. The summed E-state index contributed by atoms with van der Waals surface area (Å²) in [4.78, 5) is 4.18. The molecule has 3 nitrogen and oxygen atoms in total. The maximum atomic E-state index is 5.98. The van der Waals surface area contributed by atoms with Gasteiger partial charge >= 0.3 is 0 Å². The summed E-state index contributed by atoms with van der Waals surface area (Å²) in [6, 6.07) is 1.95. The minimum absolute atomic E-state index is 0.219. The van der Waals surface area contributed by atoms with Crippen LogP contribution in [0.1, 0.15) is 40.2 Å². The predicted molar refractivity (Wildman–Crippen MR) is 75.7 cm³/mol. The molecule has 1 atom stereocenters. The molecule has 1 unspecified atom stereocenters. The van der Waals surface area contributed by atoms with Gasteiger partial charge in [0.2, 0.25) is 0 Å². The molecule has 0 spiro atoms. The first-order valence-electron chi connectivity index (χ1n) is 6.81. The summed E-state index contributed by atoms with van der Waals surface area (Å²) >= 11 is 0. The largest absolute Gasteiger partial charge is 0.490 e. The molecule has 0 saturated heterocycles. The zero-order valence-electron chi connectivity index (χ0n) is 12.2. The van der Waals surface area contributed by atoms with Crippen LogP contribution < -0.4 is 10.1 Å². The molecule has 0 saturated carbocycles. The van der Waals surface area contributed by atoms with E-state index < -0.39 is 0 Å². The Kier molecular flexibility index (Phi) is 6.13. The first-order chi connectivity index (χ1) is 8.50. The van der Waals surface area contributed by atoms with Gasteiger partial charge in [-0.3, -0.25) is 4.98 Å². The molecule has 0 aromatic carbocycles. The summed E-state index contributed by atoms with van der Waals surface area (Å²) in [6.45, 7) is 12.7. The first-order valence-corrected chi connectivity index (χ1v) is 6.81. The van der Waals surface area contributed by atoms with E-state index in [0.29, 0.717) is 11.8 Å². The van der Waals surface area contributed by atoms with E-state index >= 15 is 0 Å². The third-order valence-electron chi connectivity index (χ3n) is 2.98. The molecule has 0 bridgehead atoms. The molecule has 102 valence electrons. The van der Waals surface area contributed by atoms with Crippen LogP contribution in [0.15, 0.2) is 18.5 Å². The predicted octanol–water partition coefficient (Wildman–Crippen LogP) is 3.25. The average Bonchev–Trinajstić information content (AvgIpc) is 2.30. The smallest absolute Gasteiger partial charge is 0.127 e. The maximum Gasteiger partial charge on any atom is 0.127 e. The third-order valence-corrected chi connectivity index (χ3v) is 2.98. The standard InChI is InChI=1S/C15H26N2O/c1-11(2)8-17-10-14-9-16-7-6-15(14)18-13(5)12(3)4/h6-7,9,11-13,17H,8,10H2,1-5H3. The van der Waals surface area contributed by atoms with Crippen molar-refractivity contribution in [2.75, 3.05) is 6.54 Å². The quantitative estimate of drug-likeness (QED) is 0.806. The number of pyridine rings is 1. The van der Waals surface area contributed by atoms with Gasteiger partial charge in [0, 0.05) is 24.5 Å². The lowest BCUT2D eigenvalue weighted by Gasteiger charge is -2.20. The monoisotopic (exact) mass is 250 g/mol. The van der Waals surface area contributed by atoms with Gasteiger partial charge in [-0.15, -0.1) is 0 Å². The Hall–Kier alpha value is -1.09. The van der Waals surface area contributed by atoms with E-state index in [-0.39, 0.29) is 6.10 Å². The van der Waals surface area contributed by atoms with Crippen molar-refractivity contribution in [3.63, 3.8) is 0 Å². The van der Waals surface area contributed by atoms with Crippen molar-refractivity contribution < 1.29 is 4.74 Å². The highest BCUT2D eigenvalue weighted by atomic mass is 16.5. The molecular weight excluding hydrogens is 224 g/mol. The summed E-state index contributed by atoms with van der Waals surface area (Å²) in [5.41, 5.74) is 1.13. The minimum Gasteiger partial charge on any atom is -0.490 e. The fraction of sp³-hybridized carbons (Fsp3) is 0.667. The number of rotatable bonds is 7. The van der Waals surface area contributed by atoms with E-state index in [2.05, 4.69) is 44.9 Å². The van der Waals surface area contributed by atoms with E-state index in [0.717, 1.165) is 24.4 Å². The van der Waals surface area contributed by atoms with Gasteiger partial charge in [-0.1, -0.05) is 27.7 Å². The molecule has 0 fully saturated rings. The van der Waals surface area contributed by atoms with E-state index in [1.807, 2.05) is 12.3 Å². The molecule has 1 aromatic rings. The van der Waals surface area contributed by atoms with Crippen LogP contribution in [0.3, 0.4) is 0 Å². The molecule has 0 aliphatic rings. The Balaban J connectivity index is 2.61. The second-order valence-electron chi connectivity index (χ2n) is 5.58. The Morgan fingerprint density at radius 3 is 2.56 bits per heavy atom. The van der Waals surface area contributed by atoms with Gasteiger partial charge in [-0.2, -0.15) is 0 Å². The molecule has 0 radical (unpaired) electrons. The molecule has 1 heterocycles. The second-order valence-corrected chi connectivity index (χ2v) is 5.58. The fourth-order valence-electron chi connectivity index (χ4n) is 1.49. The molecule has 0 aliphatic heterocycles. The minimum atomic E-state index is 0.219. The van der Waals surface area contributed by atoms with Gasteiger partial charge in [0.1, 0.15) is 5.75 Å². The molecule has 18 heavy (non-hydrogen) atoms. The molecule has 1 N–H and O–H groups in total. The van der Waals surface area contributed by atoms with E-state index in [4.69, 9.17) is 4.74 Å². The van der Waals surface area contributed by atoms with Crippen LogP contribution in [0.25, 0.3) is 0 Å². The maximum absolute atomic E-state index is 5.98. The van der Waals surface area contributed by atoms with Crippen molar-refractivity contribution in [1.29, 1.82) is 0 Å². The van der Waals surface area contributed by atoms with Crippen LogP contribution >= 0.6 is 0 Å². The number of hydrogen-bond donors (Lipinski definition) is 1. The van der Waals surface area contributed by atoms with Gasteiger partial charge in [0.05, 0.1) is 6.10 Å². The normalized spacial score (nSPS) is 13.1. The summed E-state index contributed by atoms with van der Waals surface area (Å²) in [5, 5.41) is 3.42. The van der Waals surface area contributed by atoms with Crippen molar-refractivity contribution in [1.82, 2.24) is 10.3 Å². The highest BCUT2D eigenvalue weighted by Gasteiger charge is 2.11. The lowest BCUT2D eigenvalue weighted by Crippen LogP contribution is -2.22. The van der Waals surface area contributed by atoms with Crippen LogP contribution in [0.5, 0.6) is 5.75 Å². The van der Waals surface area contributed by atoms with Crippen molar-refractivity contribution in [3.8, 4) is 5.75 Å². The van der Waals surface area contributed by atoms with Gasteiger partial charge in [0.15, 0.2) is 0 Å². The highest BCUT2D eigenvalue weighted by molar-refractivity contribution is 5.30. The zero-order valence-corrected chi connectivity index (χ0v) is 12.2. The van der Waals surface area contributed by atoms with Crippen LogP contribution in [-0.2, 0) is 6.54 Å². The van der Waals surface area contributed by atoms with Crippen LogP contribution in [-0.4, -0.2) is 17.6 Å². The van der Waals surface area contributed by atoms with Gasteiger partial charge in [-0.25, -0.2) is 0 Å².